The van der Waals surface area contributed by atoms with E-state index in [1.807, 2.05) is 36.1 Å². The van der Waals surface area contributed by atoms with Gasteiger partial charge in [0.15, 0.2) is 0 Å². The first-order chi connectivity index (χ1) is 15.7. The zero-order valence-corrected chi connectivity index (χ0v) is 18.0. The summed E-state index contributed by atoms with van der Waals surface area (Å²) in [6.07, 6.45) is -4.40. The SMILES string of the molecule is Cc1ccc(-c2ccc(=O)n(CC(=O)N3CCN(c4cccc(C(F)(F)F)c4)CC3)n2)cc1. The summed E-state index contributed by atoms with van der Waals surface area (Å²) < 4.78 is 40.1. The molecular weight excluding hydrogens is 433 g/mol. The number of carbonyl (C=O) groups is 1. The van der Waals surface area contributed by atoms with E-state index in [0.29, 0.717) is 37.6 Å². The first kappa shape index (κ1) is 22.6. The highest BCUT2D eigenvalue weighted by molar-refractivity contribution is 5.76. The molecule has 2 heterocycles. The van der Waals surface area contributed by atoms with Gasteiger partial charge in [0, 0.05) is 43.5 Å². The fourth-order valence-corrected chi connectivity index (χ4v) is 3.76. The van der Waals surface area contributed by atoms with Gasteiger partial charge in [-0.2, -0.15) is 18.3 Å². The van der Waals surface area contributed by atoms with Crippen LogP contribution in [0.3, 0.4) is 0 Å². The second-order valence-electron chi connectivity index (χ2n) is 8.00. The molecule has 6 nitrogen and oxygen atoms in total. The first-order valence-corrected chi connectivity index (χ1v) is 10.6. The smallest absolute Gasteiger partial charge is 0.368 e. The van der Waals surface area contributed by atoms with Crippen molar-refractivity contribution in [3.8, 4) is 11.3 Å². The highest BCUT2D eigenvalue weighted by atomic mass is 19.4. The number of rotatable bonds is 4. The summed E-state index contributed by atoms with van der Waals surface area (Å²) in [6, 6.07) is 15.9. The van der Waals surface area contributed by atoms with Gasteiger partial charge in [-0.05, 0) is 31.2 Å². The number of alkyl halides is 3. The van der Waals surface area contributed by atoms with E-state index in [1.54, 1.807) is 17.0 Å². The van der Waals surface area contributed by atoms with Gasteiger partial charge in [0.05, 0.1) is 11.3 Å². The lowest BCUT2D eigenvalue weighted by Gasteiger charge is -2.36. The maximum Gasteiger partial charge on any atom is 0.416 e. The number of carbonyl (C=O) groups excluding carboxylic acids is 1. The molecule has 0 N–H and O–H groups in total. The average Bonchev–Trinajstić information content (AvgIpc) is 2.81. The third kappa shape index (κ3) is 5.24. The van der Waals surface area contributed by atoms with E-state index < -0.39 is 11.7 Å². The second-order valence-corrected chi connectivity index (χ2v) is 8.00. The molecule has 1 amide bonds. The van der Waals surface area contributed by atoms with Crippen LogP contribution >= 0.6 is 0 Å². The Balaban J connectivity index is 1.41. The van der Waals surface area contributed by atoms with Gasteiger partial charge in [0.25, 0.3) is 5.56 Å². The molecule has 0 atom stereocenters. The fourth-order valence-electron chi connectivity index (χ4n) is 3.76. The molecule has 0 bridgehead atoms. The zero-order valence-electron chi connectivity index (χ0n) is 18.0. The summed E-state index contributed by atoms with van der Waals surface area (Å²) in [5, 5.41) is 4.34. The Morgan fingerprint density at radius 3 is 2.33 bits per heavy atom. The van der Waals surface area contributed by atoms with Gasteiger partial charge in [-0.25, -0.2) is 4.68 Å². The molecule has 0 unspecified atom stereocenters. The van der Waals surface area contributed by atoms with E-state index >= 15 is 0 Å². The van der Waals surface area contributed by atoms with E-state index in [1.165, 1.54) is 12.1 Å². The first-order valence-electron chi connectivity index (χ1n) is 10.6. The van der Waals surface area contributed by atoms with Crippen molar-refractivity contribution in [1.82, 2.24) is 14.7 Å². The summed E-state index contributed by atoms with van der Waals surface area (Å²) in [5.41, 5.74) is 1.94. The summed E-state index contributed by atoms with van der Waals surface area (Å²) in [4.78, 5) is 28.5. The van der Waals surface area contributed by atoms with Crippen LogP contribution in [0.4, 0.5) is 18.9 Å². The van der Waals surface area contributed by atoms with Crippen molar-refractivity contribution in [2.45, 2.75) is 19.6 Å². The number of aromatic nitrogens is 2. The lowest BCUT2D eigenvalue weighted by molar-refractivity contribution is -0.137. The van der Waals surface area contributed by atoms with E-state index in [2.05, 4.69) is 5.10 Å². The summed E-state index contributed by atoms with van der Waals surface area (Å²) in [7, 11) is 0. The van der Waals surface area contributed by atoms with Gasteiger partial charge in [-0.15, -0.1) is 0 Å². The third-order valence-electron chi connectivity index (χ3n) is 5.67. The van der Waals surface area contributed by atoms with Gasteiger partial charge >= 0.3 is 6.18 Å². The molecule has 0 aliphatic carbocycles. The van der Waals surface area contributed by atoms with Crippen molar-refractivity contribution >= 4 is 11.6 Å². The minimum Gasteiger partial charge on any atom is -0.368 e. The van der Waals surface area contributed by atoms with Crippen LogP contribution < -0.4 is 10.5 Å². The normalized spacial score (nSPS) is 14.4. The van der Waals surface area contributed by atoms with Crippen molar-refractivity contribution in [3.63, 3.8) is 0 Å². The molecule has 1 fully saturated rings. The second kappa shape index (κ2) is 9.09. The molecule has 0 saturated carbocycles. The molecule has 1 aliphatic heterocycles. The van der Waals surface area contributed by atoms with Crippen molar-refractivity contribution in [1.29, 1.82) is 0 Å². The Labute approximate surface area is 188 Å². The van der Waals surface area contributed by atoms with Gasteiger partial charge < -0.3 is 9.80 Å². The van der Waals surface area contributed by atoms with Crippen LogP contribution in [0.25, 0.3) is 11.3 Å². The Bertz CT molecular complexity index is 1200. The number of hydrogen-bond acceptors (Lipinski definition) is 4. The van der Waals surface area contributed by atoms with Crippen LogP contribution in [0.5, 0.6) is 0 Å². The number of piperazine rings is 1. The summed E-state index contributed by atoms with van der Waals surface area (Å²) in [6.45, 7) is 3.28. The number of hydrogen-bond donors (Lipinski definition) is 0. The molecule has 0 radical (unpaired) electrons. The van der Waals surface area contributed by atoms with E-state index in [9.17, 15) is 22.8 Å². The maximum absolute atomic E-state index is 13.0. The molecule has 172 valence electrons. The molecule has 3 aromatic rings. The van der Waals surface area contributed by atoms with Crippen LogP contribution in [0, 0.1) is 6.92 Å². The number of anilines is 1. The highest BCUT2D eigenvalue weighted by Gasteiger charge is 2.31. The predicted octanol–water partition coefficient (Wildman–Crippen LogP) is 3.59. The van der Waals surface area contributed by atoms with Crippen LogP contribution in [0.15, 0.2) is 65.5 Å². The molecule has 4 rings (SSSR count). The molecule has 0 spiro atoms. The minimum absolute atomic E-state index is 0.192. The largest absolute Gasteiger partial charge is 0.416 e. The summed E-state index contributed by atoms with van der Waals surface area (Å²) >= 11 is 0. The number of halogens is 3. The molecule has 1 aliphatic rings. The van der Waals surface area contributed by atoms with E-state index in [4.69, 9.17) is 0 Å². The molecule has 33 heavy (non-hydrogen) atoms. The molecule has 1 saturated heterocycles. The topological polar surface area (TPSA) is 58.4 Å². The van der Waals surface area contributed by atoms with E-state index in [0.717, 1.165) is 27.9 Å². The van der Waals surface area contributed by atoms with Crippen molar-refractivity contribution in [2.24, 2.45) is 0 Å². The van der Waals surface area contributed by atoms with Gasteiger partial charge in [0.2, 0.25) is 5.91 Å². The lowest BCUT2D eigenvalue weighted by atomic mass is 10.1. The van der Waals surface area contributed by atoms with Crippen LogP contribution in [0.2, 0.25) is 0 Å². The average molecular weight is 456 g/mol. The monoisotopic (exact) mass is 456 g/mol. The number of benzene rings is 2. The Kier molecular flexibility index (Phi) is 6.22. The van der Waals surface area contributed by atoms with Crippen LogP contribution in [0.1, 0.15) is 11.1 Å². The Morgan fingerprint density at radius 1 is 0.970 bits per heavy atom. The van der Waals surface area contributed by atoms with E-state index in [-0.39, 0.29) is 18.0 Å². The zero-order chi connectivity index (χ0) is 23.6. The third-order valence-corrected chi connectivity index (χ3v) is 5.67. The highest BCUT2D eigenvalue weighted by Crippen LogP contribution is 2.31. The molecule has 9 heteroatoms. The lowest BCUT2D eigenvalue weighted by Crippen LogP contribution is -2.50. The number of amides is 1. The quantitative estimate of drug-likeness (QED) is 0.602. The maximum atomic E-state index is 13.0. The van der Waals surface area contributed by atoms with Gasteiger partial charge in [-0.1, -0.05) is 35.9 Å². The number of aryl methyl sites for hydroxylation is 1. The van der Waals surface area contributed by atoms with Gasteiger partial charge in [0.1, 0.15) is 6.54 Å². The van der Waals surface area contributed by atoms with Crippen molar-refractivity contribution < 1.29 is 18.0 Å². The summed E-state index contributed by atoms with van der Waals surface area (Å²) in [5.74, 6) is -0.255. The molecule has 1 aromatic heterocycles. The van der Waals surface area contributed by atoms with Crippen molar-refractivity contribution in [2.75, 3.05) is 31.1 Å². The Hall–Kier alpha value is -3.62. The predicted molar refractivity (Wildman–Crippen MR) is 119 cm³/mol. The van der Waals surface area contributed by atoms with Gasteiger partial charge in [-0.3, -0.25) is 9.59 Å². The molecule has 2 aromatic carbocycles. The van der Waals surface area contributed by atoms with Crippen molar-refractivity contribution in [3.05, 3.63) is 82.1 Å². The molecular formula is C24H23F3N4O2. The minimum atomic E-state index is -4.40. The fraction of sp³-hybridized carbons (Fsp3) is 0.292. The standard InChI is InChI=1S/C24H23F3N4O2/c1-17-5-7-18(8-6-17)21-9-10-22(32)31(28-21)16-23(33)30-13-11-29(12-14-30)20-4-2-3-19(15-20)24(25,26)27/h2-10,15H,11-14,16H2,1H3. The number of nitrogens with zero attached hydrogens (tertiary/aromatic N) is 4. The van der Waals surface area contributed by atoms with Crippen LogP contribution in [-0.4, -0.2) is 46.8 Å². The van der Waals surface area contributed by atoms with Crippen LogP contribution in [-0.2, 0) is 17.5 Å². The Morgan fingerprint density at radius 2 is 1.67 bits per heavy atom.